The van der Waals surface area contributed by atoms with Gasteiger partial charge in [0.05, 0.1) is 33.7 Å². The summed E-state index contributed by atoms with van der Waals surface area (Å²) in [7, 11) is -6.62. The van der Waals surface area contributed by atoms with Crippen LogP contribution in [0, 0.1) is 0 Å². The van der Waals surface area contributed by atoms with Crippen molar-refractivity contribution in [2.45, 2.75) is 66.6 Å². The first kappa shape index (κ1) is 35.3. The molecule has 3 unspecified atom stereocenters. The standard InChI is InChI=1S/C31H35F4N3O6S2/c1-29(2,3)45(40)37-26(31(34,35)46(41,42)23-13-9-6-10-14-23)24-17-22(18-36-27(24)43-4)25-19-38(16-15-30(25,32)33)28(39)44-20-21-11-7-5-8-12-21/h5-14,17-18,25-26,37H,15-16,19-20H2,1-4H3. The van der Waals surface area contributed by atoms with E-state index in [0.717, 1.165) is 36.4 Å². The second-order valence-corrected chi connectivity index (χ2v) is 15.7. The smallest absolute Gasteiger partial charge is 0.410 e. The Labute approximate surface area is 267 Å². The molecule has 2 aromatic carbocycles. The Hall–Kier alpha value is -3.56. The van der Waals surface area contributed by atoms with E-state index in [9.17, 15) is 17.4 Å². The van der Waals surface area contributed by atoms with Crippen LogP contribution in [0.1, 0.15) is 55.8 Å². The van der Waals surface area contributed by atoms with E-state index in [1.165, 1.54) is 39.0 Å². The van der Waals surface area contributed by atoms with Crippen LogP contribution in [0.25, 0.3) is 0 Å². The molecule has 1 aliphatic heterocycles. The highest BCUT2D eigenvalue weighted by atomic mass is 32.2. The van der Waals surface area contributed by atoms with Crippen LogP contribution in [-0.2, 0) is 32.2 Å². The first-order valence-electron chi connectivity index (χ1n) is 14.2. The van der Waals surface area contributed by atoms with Crippen molar-refractivity contribution in [1.29, 1.82) is 0 Å². The van der Waals surface area contributed by atoms with Crippen molar-refractivity contribution in [3.05, 3.63) is 89.6 Å². The maximum atomic E-state index is 16.3. The van der Waals surface area contributed by atoms with Gasteiger partial charge in [0.2, 0.25) is 15.7 Å². The number of carbonyl (C=O) groups is 1. The van der Waals surface area contributed by atoms with Crippen LogP contribution >= 0.6 is 0 Å². The summed E-state index contributed by atoms with van der Waals surface area (Å²) in [4.78, 5) is 17.2. The molecule has 1 saturated heterocycles. The number of nitrogens with zero attached hydrogens (tertiary/aromatic N) is 2. The van der Waals surface area contributed by atoms with Gasteiger partial charge in [-0.15, -0.1) is 0 Å². The number of piperidine rings is 1. The van der Waals surface area contributed by atoms with Gasteiger partial charge in [0.25, 0.3) is 5.92 Å². The average Bonchev–Trinajstić information content (AvgIpc) is 3.02. The molecule has 9 nitrogen and oxygen atoms in total. The number of pyridine rings is 1. The maximum Gasteiger partial charge on any atom is 0.410 e. The SMILES string of the molecule is COc1ncc(C2CN(C(=O)OCc3ccccc3)CCC2(F)F)cc1C(NS(=O)C(C)(C)C)C(F)(F)S(=O)(=O)c1ccccc1. The lowest BCUT2D eigenvalue weighted by molar-refractivity contribution is -0.0729. The number of methoxy groups -OCH3 is 1. The van der Waals surface area contributed by atoms with Gasteiger partial charge in [-0.25, -0.2) is 35.9 Å². The van der Waals surface area contributed by atoms with Crippen molar-refractivity contribution in [2.75, 3.05) is 20.2 Å². The van der Waals surface area contributed by atoms with Crippen LogP contribution < -0.4 is 9.46 Å². The highest BCUT2D eigenvalue weighted by Gasteiger charge is 2.56. The summed E-state index contributed by atoms with van der Waals surface area (Å²) in [6, 6.07) is 13.1. The van der Waals surface area contributed by atoms with Crippen LogP contribution in [0.5, 0.6) is 5.88 Å². The number of ether oxygens (including phenoxy) is 2. The number of aromatic nitrogens is 1. The zero-order chi connectivity index (χ0) is 33.9. The minimum atomic E-state index is -5.44. The summed E-state index contributed by atoms with van der Waals surface area (Å²) in [6.07, 6.45) is -0.596. The zero-order valence-corrected chi connectivity index (χ0v) is 27.2. The van der Waals surface area contributed by atoms with Crippen molar-refractivity contribution in [3.8, 4) is 5.88 Å². The minimum absolute atomic E-state index is 0.0886. The quantitative estimate of drug-likeness (QED) is 0.260. The van der Waals surface area contributed by atoms with Gasteiger partial charge in [0.1, 0.15) is 12.6 Å². The third kappa shape index (κ3) is 7.52. The normalized spacial score (nSPS) is 18.4. The molecule has 46 heavy (non-hydrogen) atoms. The van der Waals surface area contributed by atoms with Crippen LogP contribution in [0.4, 0.5) is 22.4 Å². The zero-order valence-electron chi connectivity index (χ0n) is 25.6. The van der Waals surface area contributed by atoms with Crippen molar-refractivity contribution < 1.29 is 44.5 Å². The fraction of sp³-hybridized carbons (Fsp3) is 0.419. The van der Waals surface area contributed by atoms with Crippen LogP contribution in [0.15, 0.2) is 77.8 Å². The molecule has 3 atom stereocenters. The maximum absolute atomic E-state index is 16.3. The third-order valence-corrected chi connectivity index (χ3v) is 10.8. The molecule has 1 amide bonds. The van der Waals surface area contributed by atoms with Gasteiger partial charge in [0.15, 0.2) is 0 Å². The third-order valence-electron chi connectivity index (χ3n) is 7.43. The number of benzene rings is 2. The molecule has 250 valence electrons. The topological polar surface area (TPSA) is 115 Å². The molecule has 15 heteroatoms. The van der Waals surface area contributed by atoms with Crippen molar-refractivity contribution in [3.63, 3.8) is 0 Å². The number of alkyl halides is 4. The lowest BCUT2D eigenvalue weighted by atomic mass is 9.87. The van der Waals surface area contributed by atoms with E-state index in [-0.39, 0.29) is 18.7 Å². The summed E-state index contributed by atoms with van der Waals surface area (Å²) >= 11 is 0. The predicted molar refractivity (Wildman–Crippen MR) is 164 cm³/mol. The van der Waals surface area contributed by atoms with E-state index in [2.05, 4.69) is 9.71 Å². The predicted octanol–water partition coefficient (Wildman–Crippen LogP) is 6.01. The number of hydrogen-bond acceptors (Lipinski definition) is 7. The van der Waals surface area contributed by atoms with Gasteiger partial charge in [0, 0.05) is 31.3 Å². The molecule has 1 aromatic heterocycles. The van der Waals surface area contributed by atoms with Crippen molar-refractivity contribution >= 4 is 26.9 Å². The monoisotopic (exact) mass is 685 g/mol. The van der Waals surface area contributed by atoms with E-state index < -0.39 is 84.1 Å². The molecule has 0 radical (unpaired) electrons. The van der Waals surface area contributed by atoms with Gasteiger partial charge in [-0.3, -0.25) is 0 Å². The molecule has 0 spiro atoms. The Kier molecular flexibility index (Phi) is 10.5. The number of amides is 1. The Bertz CT molecular complexity index is 1660. The molecule has 2 heterocycles. The summed E-state index contributed by atoms with van der Waals surface area (Å²) in [6.45, 7) is 3.49. The molecule has 0 aliphatic carbocycles. The minimum Gasteiger partial charge on any atom is -0.481 e. The van der Waals surface area contributed by atoms with Crippen molar-refractivity contribution in [1.82, 2.24) is 14.6 Å². The number of sulfone groups is 1. The van der Waals surface area contributed by atoms with E-state index in [1.807, 2.05) is 0 Å². The summed E-state index contributed by atoms with van der Waals surface area (Å²) in [5, 5.41) is -4.68. The second kappa shape index (κ2) is 13.7. The van der Waals surface area contributed by atoms with Crippen LogP contribution in [0.3, 0.4) is 0 Å². The van der Waals surface area contributed by atoms with Crippen LogP contribution in [0.2, 0.25) is 0 Å². The number of halogens is 4. The number of carbonyl (C=O) groups excluding carboxylic acids is 1. The summed E-state index contributed by atoms with van der Waals surface area (Å²) < 4.78 is 115. The van der Waals surface area contributed by atoms with E-state index >= 15 is 17.6 Å². The Balaban J connectivity index is 1.75. The Morgan fingerprint density at radius 1 is 1.11 bits per heavy atom. The molecule has 1 fully saturated rings. The summed E-state index contributed by atoms with van der Waals surface area (Å²) in [5.74, 6) is -5.62. The second-order valence-electron chi connectivity index (χ2n) is 11.7. The molecule has 3 aromatic rings. The lowest BCUT2D eigenvalue weighted by Crippen LogP contribution is -2.48. The first-order chi connectivity index (χ1) is 21.5. The molecule has 0 bridgehead atoms. The number of nitrogens with one attached hydrogen (secondary N) is 1. The number of likely N-dealkylation sites (tertiary alicyclic amines) is 1. The van der Waals surface area contributed by atoms with Gasteiger partial charge in [-0.2, -0.15) is 8.78 Å². The fourth-order valence-electron chi connectivity index (χ4n) is 4.79. The molecule has 4 rings (SSSR count). The number of rotatable bonds is 10. The van der Waals surface area contributed by atoms with E-state index in [4.69, 9.17) is 9.47 Å². The van der Waals surface area contributed by atoms with Gasteiger partial charge in [-0.1, -0.05) is 48.5 Å². The molecule has 1 aliphatic rings. The van der Waals surface area contributed by atoms with Crippen LogP contribution in [-0.4, -0.2) is 64.7 Å². The average molecular weight is 686 g/mol. The van der Waals surface area contributed by atoms with Gasteiger partial charge in [-0.05, 0) is 50.1 Å². The van der Waals surface area contributed by atoms with Crippen molar-refractivity contribution in [2.24, 2.45) is 0 Å². The molecule has 0 saturated carbocycles. The number of hydrogen-bond donors (Lipinski definition) is 1. The van der Waals surface area contributed by atoms with Gasteiger partial charge < -0.3 is 14.4 Å². The van der Waals surface area contributed by atoms with Gasteiger partial charge >= 0.3 is 11.3 Å². The van der Waals surface area contributed by atoms with E-state index in [1.54, 1.807) is 30.3 Å². The molecular weight excluding hydrogens is 650 g/mol. The highest BCUT2D eigenvalue weighted by molar-refractivity contribution is 7.92. The lowest BCUT2D eigenvalue weighted by Gasteiger charge is -2.38. The van der Waals surface area contributed by atoms with E-state index in [0.29, 0.717) is 5.56 Å². The molecule has 1 N–H and O–H groups in total. The molecular formula is C31H35F4N3O6S2. The summed E-state index contributed by atoms with van der Waals surface area (Å²) in [5.41, 5.74) is -0.180. The Morgan fingerprint density at radius 2 is 1.72 bits per heavy atom. The highest BCUT2D eigenvalue weighted by Crippen LogP contribution is 2.46. The Morgan fingerprint density at radius 3 is 2.30 bits per heavy atom. The first-order valence-corrected chi connectivity index (χ1v) is 16.8. The fourth-order valence-corrected chi connectivity index (χ4v) is 7.04. The largest absolute Gasteiger partial charge is 0.481 e.